The number of para-hydroxylation sites is 1. The van der Waals surface area contributed by atoms with Crippen LogP contribution in [0.2, 0.25) is 0 Å². The fraction of sp³-hybridized carbons (Fsp3) is 0.619. The lowest BCUT2D eigenvalue weighted by atomic mass is 9.83. The Hall–Kier alpha value is -2.04. The SMILES string of the molecule is CC(Oc1ccccc1)C(=O)N1CCC[C@@H]2CN(C(=O)C3CC3)CC[C@@H]21. The number of likely N-dealkylation sites (tertiary alicyclic amines) is 2. The van der Waals surface area contributed by atoms with Crippen LogP contribution in [0.1, 0.15) is 39.0 Å². The molecule has 1 aliphatic carbocycles. The van der Waals surface area contributed by atoms with Gasteiger partial charge in [-0.05, 0) is 57.1 Å². The van der Waals surface area contributed by atoms with E-state index < -0.39 is 6.10 Å². The van der Waals surface area contributed by atoms with Crippen molar-refractivity contribution in [1.29, 1.82) is 0 Å². The minimum atomic E-state index is -0.484. The van der Waals surface area contributed by atoms with Crippen LogP contribution in [-0.2, 0) is 9.59 Å². The zero-order valence-corrected chi connectivity index (χ0v) is 15.5. The van der Waals surface area contributed by atoms with Crippen molar-refractivity contribution in [2.24, 2.45) is 11.8 Å². The Morgan fingerprint density at radius 3 is 2.58 bits per heavy atom. The minimum absolute atomic E-state index is 0.0746. The number of piperidine rings is 2. The topological polar surface area (TPSA) is 49.9 Å². The number of amides is 2. The van der Waals surface area contributed by atoms with Crippen molar-refractivity contribution in [2.75, 3.05) is 19.6 Å². The lowest BCUT2D eigenvalue weighted by Gasteiger charge is -2.47. The molecule has 3 fully saturated rings. The van der Waals surface area contributed by atoms with Crippen LogP contribution in [0.4, 0.5) is 0 Å². The monoisotopic (exact) mass is 356 g/mol. The smallest absolute Gasteiger partial charge is 0.263 e. The van der Waals surface area contributed by atoms with Crippen molar-refractivity contribution >= 4 is 11.8 Å². The van der Waals surface area contributed by atoms with E-state index in [1.165, 1.54) is 0 Å². The van der Waals surface area contributed by atoms with Gasteiger partial charge in [-0.3, -0.25) is 9.59 Å². The maximum atomic E-state index is 13.0. The third-order valence-corrected chi connectivity index (χ3v) is 5.99. The number of hydrogen-bond donors (Lipinski definition) is 0. The van der Waals surface area contributed by atoms with Gasteiger partial charge in [0.15, 0.2) is 6.10 Å². The highest BCUT2D eigenvalue weighted by molar-refractivity contribution is 5.82. The van der Waals surface area contributed by atoms with E-state index in [2.05, 4.69) is 4.90 Å². The number of nitrogens with zero attached hydrogens (tertiary/aromatic N) is 2. The molecule has 4 rings (SSSR count). The molecule has 140 valence electrons. The maximum Gasteiger partial charge on any atom is 0.263 e. The predicted octanol–water partition coefficient (Wildman–Crippen LogP) is 2.70. The summed E-state index contributed by atoms with van der Waals surface area (Å²) < 4.78 is 5.85. The van der Waals surface area contributed by atoms with Gasteiger partial charge < -0.3 is 14.5 Å². The number of ether oxygens (including phenoxy) is 1. The highest BCUT2D eigenvalue weighted by atomic mass is 16.5. The fourth-order valence-electron chi connectivity index (χ4n) is 4.45. The number of benzene rings is 1. The van der Waals surface area contributed by atoms with Gasteiger partial charge in [0.25, 0.3) is 5.91 Å². The zero-order chi connectivity index (χ0) is 18.1. The molecule has 2 saturated heterocycles. The Morgan fingerprint density at radius 2 is 1.85 bits per heavy atom. The molecule has 0 spiro atoms. The summed E-state index contributed by atoms with van der Waals surface area (Å²) in [6, 6.07) is 9.77. The number of rotatable bonds is 4. The van der Waals surface area contributed by atoms with E-state index in [0.717, 1.165) is 57.5 Å². The summed E-state index contributed by atoms with van der Waals surface area (Å²) in [6.07, 6.45) is 4.65. The van der Waals surface area contributed by atoms with E-state index in [9.17, 15) is 9.59 Å². The minimum Gasteiger partial charge on any atom is -0.481 e. The van der Waals surface area contributed by atoms with Crippen LogP contribution < -0.4 is 4.74 Å². The van der Waals surface area contributed by atoms with Crippen LogP contribution >= 0.6 is 0 Å². The van der Waals surface area contributed by atoms with E-state index in [1.54, 1.807) is 0 Å². The summed E-state index contributed by atoms with van der Waals surface area (Å²) in [5, 5.41) is 0. The highest BCUT2D eigenvalue weighted by Gasteiger charge is 2.42. The van der Waals surface area contributed by atoms with Crippen LogP contribution in [0.25, 0.3) is 0 Å². The fourth-order valence-corrected chi connectivity index (χ4v) is 4.45. The van der Waals surface area contributed by atoms with Crippen molar-refractivity contribution in [3.63, 3.8) is 0 Å². The molecule has 1 unspecified atom stereocenters. The summed E-state index contributed by atoms with van der Waals surface area (Å²) in [5.74, 6) is 1.84. The van der Waals surface area contributed by atoms with Crippen molar-refractivity contribution < 1.29 is 14.3 Å². The molecular weight excluding hydrogens is 328 g/mol. The number of carbonyl (C=O) groups excluding carboxylic acids is 2. The second-order valence-electron chi connectivity index (χ2n) is 7.92. The Balaban J connectivity index is 1.39. The molecule has 0 N–H and O–H groups in total. The number of hydrogen-bond acceptors (Lipinski definition) is 3. The summed E-state index contributed by atoms with van der Waals surface area (Å²) in [4.78, 5) is 29.5. The van der Waals surface area contributed by atoms with Gasteiger partial charge in [0.1, 0.15) is 5.75 Å². The van der Waals surface area contributed by atoms with E-state index >= 15 is 0 Å². The van der Waals surface area contributed by atoms with Crippen molar-refractivity contribution in [1.82, 2.24) is 9.80 Å². The van der Waals surface area contributed by atoms with E-state index in [1.807, 2.05) is 42.2 Å². The molecule has 1 aromatic carbocycles. The first-order valence-electron chi connectivity index (χ1n) is 9.94. The molecule has 3 aliphatic rings. The average Bonchev–Trinajstić information content (AvgIpc) is 3.52. The summed E-state index contributed by atoms with van der Waals surface area (Å²) in [7, 11) is 0. The molecule has 26 heavy (non-hydrogen) atoms. The van der Waals surface area contributed by atoms with Gasteiger partial charge >= 0.3 is 0 Å². The summed E-state index contributed by atoms with van der Waals surface area (Å²) in [6.45, 7) is 4.25. The van der Waals surface area contributed by atoms with Gasteiger partial charge in [0.2, 0.25) is 5.91 Å². The Labute approximate surface area is 155 Å². The van der Waals surface area contributed by atoms with Gasteiger partial charge in [0, 0.05) is 31.6 Å². The van der Waals surface area contributed by atoms with Crippen molar-refractivity contribution in [2.45, 2.75) is 51.2 Å². The lowest BCUT2D eigenvalue weighted by Crippen LogP contribution is -2.58. The first-order valence-corrected chi connectivity index (χ1v) is 9.94. The molecule has 2 aliphatic heterocycles. The standard InChI is InChI=1S/C21H28N2O3/c1-15(26-18-7-3-2-4-8-18)20(24)23-12-5-6-17-14-22(13-11-19(17)23)21(25)16-9-10-16/h2-4,7-8,15-17,19H,5-6,9-14H2,1H3/t15?,17-,19+/m1/s1. The maximum absolute atomic E-state index is 13.0. The molecule has 0 radical (unpaired) electrons. The second-order valence-corrected chi connectivity index (χ2v) is 7.92. The second kappa shape index (κ2) is 7.29. The Kier molecular flexibility index (Phi) is 4.88. The number of carbonyl (C=O) groups is 2. The van der Waals surface area contributed by atoms with Crippen LogP contribution in [-0.4, -0.2) is 53.4 Å². The van der Waals surface area contributed by atoms with Crippen LogP contribution in [0.15, 0.2) is 30.3 Å². The molecular formula is C21H28N2O3. The molecule has 0 bridgehead atoms. The molecule has 0 aromatic heterocycles. The molecule has 2 heterocycles. The molecule has 1 saturated carbocycles. The Bertz CT molecular complexity index is 658. The molecule has 1 aromatic rings. The largest absolute Gasteiger partial charge is 0.481 e. The Morgan fingerprint density at radius 1 is 1.08 bits per heavy atom. The van der Waals surface area contributed by atoms with Crippen LogP contribution in [0.3, 0.4) is 0 Å². The zero-order valence-electron chi connectivity index (χ0n) is 15.5. The summed E-state index contributed by atoms with van der Waals surface area (Å²) >= 11 is 0. The van der Waals surface area contributed by atoms with E-state index in [0.29, 0.717) is 11.8 Å². The van der Waals surface area contributed by atoms with Gasteiger partial charge in [-0.25, -0.2) is 0 Å². The third-order valence-electron chi connectivity index (χ3n) is 5.99. The molecule has 5 heteroatoms. The predicted molar refractivity (Wildman–Crippen MR) is 98.7 cm³/mol. The van der Waals surface area contributed by atoms with Gasteiger partial charge in [0.05, 0.1) is 0 Å². The first-order chi connectivity index (χ1) is 12.6. The highest BCUT2D eigenvalue weighted by Crippen LogP contribution is 2.36. The normalized spacial score (nSPS) is 26.8. The molecule has 2 amide bonds. The molecule has 3 atom stereocenters. The van der Waals surface area contributed by atoms with Crippen molar-refractivity contribution in [3.8, 4) is 5.75 Å². The van der Waals surface area contributed by atoms with Crippen molar-refractivity contribution in [3.05, 3.63) is 30.3 Å². The van der Waals surface area contributed by atoms with Gasteiger partial charge in [-0.2, -0.15) is 0 Å². The van der Waals surface area contributed by atoms with Crippen LogP contribution in [0, 0.1) is 11.8 Å². The van der Waals surface area contributed by atoms with Gasteiger partial charge in [-0.15, -0.1) is 0 Å². The molecule has 5 nitrogen and oxygen atoms in total. The van der Waals surface area contributed by atoms with Crippen LogP contribution in [0.5, 0.6) is 5.75 Å². The average molecular weight is 356 g/mol. The third kappa shape index (κ3) is 3.57. The quantitative estimate of drug-likeness (QED) is 0.833. The first kappa shape index (κ1) is 17.4. The van der Waals surface area contributed by atoms with Gasteiger partial charge in [-0.1, -0.05) is 18.2 Å². The van der Waals surface area contributed by atoms with E-state index in [4.69, 9.17) is 4.74 Å². The lowest BCUT2D eigenvalue weighted by molar-refractivity contribution is -0.147. The van der Waals surface area contributed by atoms with E-state index in [-0.39, 0.29) is 17.9 Å². The number of fused-ring (bicyclic) bond motifs is 1. The summed E-state index contributed by atoms with van der Waals surface area (Å²) in [5.41, 5.74) is 0.